The summed E-state index contributed by atoms with van der Waals surface area (Å²) in [4.78, 5) is 2.85. The number of rotatable bonds is 0. The number of H-pyrrole nitrogens is 1. The van der Waals surface area contributed by atoms with Gasteiger partial charge in [0.25, 0.3) is 0 Å². The standard InChI is InChI=1S/C9H7F2N.C2H6/c1-5-4-12-9-3-8(11)7(10)2-6(5)9;1-2/h2-4,12H,1H3;1-2H3. The minimum atomic E-state index is -0.815. The van der Waals surface area contributed by atoms with E-state index in [1.54, 1.807) is 6.20 Å². The maximum absolute atomic E-state index is 12.7. The molecular formula is C11H13F2N. The van der Waals surface area contributed by atoms with Gasteiger partial charge in [-0.1, -0.05) is 13.8 Å². The highest BCUT2D eigenvalue weighted by Crippen LogP contribution is 2.20. The minimum Gasteiger partial charge on any atom is -0.361 e. The summed E-state index contributed by atoms with van der Waals surface area (Å²) in [5.74, 6) is -1.62. The highest BCUT2D eigenvalue weighted by molar-refractivity contribution is 5.82. The molecule has 1 N–H and O–H groups in total. The second-order valence-electron chi connectivity index (χ2n) is 2.78. The second-order valence-corrected chi connectivity index (χ2v) is 2.78. The first-order chi connectivity index (χ1) is 6.68. The van der Waals surface area contributed by atoms with E-state index in [1.807, 2.05) is 20.8 Å². The molecule has 0 fully saturated rings. The molecule has 0 saturated heterocycles. The first-order valence-corrected chi connectivity index (χ1v) is 4.61. The fraction of sp³-hybridized carbons (Fsp3) is 0.273. The van der Waals surface area contributed by atoms with E-state index in [-0.39, 0.29) is 0 Å². The molecule has 0 atom stereocenters. The van der Waals surface area contributed by atoms with Crippen molar-refractivity contribution in [3.8, 4) is 0 Å². The van der Waals surface area contributed by atoms with Gasteiger partial charge in [-0.05, 0) is 18.6 Å². The van der Waals surface area contributed by atoms with Crippen LogP contribution in [-0.2, 0) is 0 Å². The molecule has 1 aromatic heterocycles. The highest BCUT2D eigenvalue weighted by Gasteiger charge is 2.05. The Morgan fingerprint density at radius 2 is 1.64 bits per heavy atom. The van der Waals surface area contributed by atoms with Crippen molar-refractivity contribution in [1.82, 2.24) is 4.98 Å². The molecule has 1 heterocycles. The van der Waals surface area contributed by atoms with Crippen LogP contribution in [0.4, 0.5) is 8.78 Å². The van der Waals surface area contributed by atoms with E-state index < -0.39 is 11.6 Å². The number of aryl methyl sites for hydroxylation is 1. The fourth-order valence-electron chi connectivity index (χ4n) is 1.26. The summed E-state index contributed by atoms with van der Waals surface area (Å²) in [6.07, 6.45) is 1.73. The normalized spacial score (nSPS) is 9.79. The van der Waals surface area contributed by atoms with E-state index in [2.05, 4.69) is 4.98 Å². The third kappa shape index (κ3) is 1.76. The van der Waals surface area contributed by atoms with E-state index in [0.29, 0.717) is 5.52 Å². The minimum absolute atomic E-state index is 0.631. The van der Waals surface area contributed by atoms with Crippen LogP contribution in [0.2, 0.25) is 0 Å². The molecular weight excluding hydrogens is 184 g/mol. The van der Waals surface area contributed by atoms with Crippen molar-refractivity contribution in [2.45, 2.75) is 20.8 Å². The zero-order valence-electron chi connectivity index (χ0n) is 8.49. The molecule has 3 heteroatoms. The maximum Gasteiger partial charge on any atom is 0.160 e. The van der Waals surface area contributed by atoms with E-state index >= 15 is 0 Å². The number of benzene rings is 1. The summed E-state index contributed by atoms with van der Waals surface area (Å²) in [6.45, 7) is 5.84. The van der Waals surface area contributed by atoms with E-state index in [0.717, 1.165) is 17.0 Å². The molecule has 2 aromatic rings. The molecule has 1 aromatic carbocycles. The topological polar surface area (TPSA) is 15.8 Å². The third-order valence-electron chi connectivity index (χ3n) is 1.93. The summed E-state index contributed by atoms with van der Waals surface area (Å²) < 4.78 is 25.4. The largest absolute Gasteiger partial charge is 0.361 e. The first kappa shape index (κ1) is 10.7. The van der Waals surface area contributed by atoms with Crippen molar-refractivity contribution < 1.29 is 8.78 Å². The van der Waals surface area contributed by atoms with Crippen LogP contribution in [0.3, 0.4) is 0 Å². The van der Waals surface area contributed by atoms with Crippen molar-refractivity contribution in [3.05, 3.63) is 35.5 Å². The number of hydrogen-bond acceptors (Lipinski definition) is 0. The summed E-state index contributed by atoms with van der Waals surface area (Å²) in [6, 6.07) is 2.37. The molecule has 0 saturated carbocycles. The predicted molar refractivity (Wildman–Crippen MR) is 54.3 cm³/mol. The molecule has 0 radical (unpaired) electrons. The molecule has 0 aliphatic heterocycles. The van der Waals surface area contributed by atoms with Crippen LogP contribution in [0.15, 0.2) is 18.3 Å². The molecule has 1 nitrogen and oxygen atoms in total. The Kier molecular flexibility index (Phi) is 3.23. The quantitative estimate of drug-likeness (QED) is 0.661. The van der Waals surface area contributed by atoms with Gasteiger partial charge in [-0.15, -0.1) is 0 Å². The van der Waals surface area contributed by atoms with Crippen LogP contribution >= 0.6 is 0 Å². The Morgan fingerprint density at radius 1 is 1.07 bits per heavy atom. The molecule has 0 bridgehead atoms. The van der Waals surface area contributed by atoms with Crippen LogP contribution in [0.1, 0.15) is 19.4 Å². The van der Waals surface area contributed by atoms with Crippen LogP contribution in [0.5, 0.6) is 0 Å². The van der Waals surface area contributed by atoms with Gasteiger partial charge in [-0.3, -0.25) is 0 Å². The Hall–Kier alpha value is -1.38. The average Bonchev–Trinajstić information content (AvgIpc) is 2.53. The van der Waals surface area contributed by atoms with Crippen molar-refractivity contribution in [2.24, 2.45) is 0 Å². The first-order valence-electron chi connectivity index (χ1n) is 4.61. The molecule has 0 spiro atoms. The van der Waals surface area contributed by atoms with Gasteiger partial charge in [0.1, 0.15) is 0 Å². The Labute approximate surface area is 81.8 Å². The molecule has 0 aliphatic carbocycles. The molecule has 2 rings (SSSR count). The molecule has 14 heavy (non-hydrogen) atoms. The van der Waals surface area contributed by atoms with Crippen molar-refractivity contribution >= 4 is 10.9 Å². The van der Waals surface area contributed by atoms with Crippen molar-refractivity contribution in [1.29, 1.82) is 0 Å². The van der Waals surface area contributed by atoms with E-state index in [9.17, 15) is 8.78 Å². The lowest BCUT2D eigenvalue weighted by atomic mass is 10.2. The van der Waals surface area contributed by atoms with Crippen LogP contribution in [-0.4, -0.2) is 4.98 Å². The fourth-order valence-corrected chi connectivity index (χ4v) is 1.26. The number of hydrogen-bond donors (Lipinski definition) is 1. The van der Waals surface area contributed by atoms with Gasteiger partial charge in [-0.25, -0.2) is 8.78 Å². The lowest BCUT2D eigenvalue weighted by Crippen LogP contribution is -1.82. The third-order valence-corrected chi connectivity index (χ3v) is 1.93. The Balaban J connectivity index is 0.000000461. The monoisotopic (exact) mass is 197 g/mol. The molecule has 0 aliphatic rings. The molecule has 0 amide bonds. The molecule has 0 unspecified atom stereocenters. The van der Waals surface area contributed by atoms with Crippen molar-refractivity contribution in [2.75, 3.05) is 0 Å². The van der Waals surface area contributed by atoms with Gasteiger partial charge in [0.05, 0.1) is 0 Å². The van der Waals surface area contributed by atoms with Crippen LogP contribution in [0, 0.1) is 18.6 Å². The lowest BCUT2D eigenvalue weighted by Gasteiger charge is -1.93. The zero-order chi connectivity index (χ0) is 10.7. The van der Waals surface area contributed by atoms with Gasteiger partial charge in [0.2, 0.25) is 0 Å². The van der Waals surface area contributed by atoms with E-state index in [1.165, 1.54) is 6.07 Å². The highest BCUT2D eigenvalue weighted by atomic mass is 19.2. The summed E-state index contributed by atoms with van der Waals surface area (Å²) in [7, 11) is 0. The number of aromatic nitrogens is 1. The smallest absolute Gasteiger partial charge is 0.160 e. The summed E-state index contributed by atoms with van der Waals surface area (Å²) in [5.41, 5.74) is 1.55. The second kappa shape index (κ2) is 4.22. The van der Waals surface area contributed by atoms with Gasteiger partial charge < -0.3 is 4.98 Å². The van der Waals surface area contributed by atoms with E-state index in [4.69, 9.17) is 0 Å². The van der Waals surface area contributed by atoms with Crippen LogP contribution in [0.25, 0.3) is 10.9 Å². The number of halogens is 2. The van der Waals surface area contributed by atoms with Crippen LogP contribution < -0.4 is 0 Å². The van der Waals surface area contributed by atoms with Gasteiger partial charge in [0.15, 0.2) is 11.6 Å². The maximum atomic E-state index is 12.7. The van der Waals surface area contributed by atoms with Gasteiger partial charge >= 0.3 is 0 Å². The summed E-state index contributed by atoms with van der Waals surface area (Å²) >= 11 is 0. The molecule has 76 valence electrons. The lowest BCUT2D eigenvalue weighted by molar-refractivity contribution is 0.511. The van der Waals surface area contributed by atoms with Gasteiger partial charge in [0, 0.05) is 23.2 Å². The Bertz CT molecular complexity index is 432. The zero-order valence-corrected chi connectivity index (χ0v) is 8.49. The SMILES string of the molecule is CC.Cc1c[nH]c2cc(F)c(F)cc12. The Morgan fingerprint density at radius 3 is 2.29 bits per heavy atom. The number of nitrogens with one attached hydrogen (secondary N) is 1. The van der Waals surface area contributed by atoms with Crippen molar-refractivity contribution in [3.63, 3.8) is 0 Å². The summed E-state index contributed by atoms with van der Waals surface area (Å²) in [5, 5.41) is 0.730. The predicted octanol–water partition coefficient (Wildman–Crippen LogP) is 3.78. The van der Waals surface area contributed by atoms with Gasteiger partial charge in [-0.2, -0.15) is 0 Å². The average molecular weight is 197 g/mol. The number of fused-ring (bicyclic) bond motifs is 1. The number of aromatic amines is 1.